The summed E-state index contributed by atoms with van der Waals surface area (Å²) in [5, 5.41) is 10.7. The summed E-state index contributed by atoms with van der Waals surface area (Å²) >= 11 is 0. The number of carboxylic acid groups (broad SMARTS) is 1. The molecule has 0 saturated heterocycles. The zero-order chi connectivity index (χ0) is 12.2. The van der Waals surface area contributed by atoms with E-state index in [1.165, 1.54) is 7.11 Å². The summed E-state index contributed by atoms with van der Waals surface area (Å²) in [6.45, 7) is 1.60. The molecule has 7 nitrogen and oxygen atoms in total. The third-order valence-corrected chi connectivity index (χ3v) is 1.53. The van der Waals surface area contributed by atoms with E-state index in [1.54, 1.807) is 0 Å². The minimum Gasteiger partial charge on any atom is -0.481 e. The van der Waals surface area contributed by atoms with Crippen LogP contribution in [0.3, 0.4) is 0 Å². The number of rotatable bonds is 9. The molecule has 1 amide bonds. The summed E-state index contributed by atoms with van der Waals surface area (Å²) in [6.07, 6.45) is -0.509. The smallest absolute Gasteiger partial charge is 0.406 e. The fourth-order valence-corrected chi connectivity index (χ4v) is 0.779. The van der Waals surface area contributed by atoms with Crippen molar-refractivity contribution in [3.05, 3.63) is 0 Å². The van der Waals surface area contributed by atoms with Crippen LogP contribution in [0.2, 0.25) is 0 Å². The Morgan fingerprint density at radius 2 is 1.75 bits per heavy atom. The molecule has 0 atom stereocenters. The Bertz CT molecular complexity index is 208. The Hall–Kier alpha value is -1.34. The van der Waals surface area contributed by atoms with Gasteiger partial charge in [0.1, 0.15) is 0 Å². The lowest BCUT2D eigenvalue weighted by molar-refractivity contribution is -0.138. The van der Waals surface area contributed by atoms with Crippen molar-refractivity contribution in [1.29, 1.82) is 0 Å². The van der Waals surface area contributed by atoms with Gasteiger partial charge in [0.2, 0.25) is 0 Å². The van der Waals surface area contributed by atoms with Crippen LogP contribution in [-0.4, -0.2) is 57.3 Å². The van der Waals surface area contributed by atoms with E-state index < -0.39 is 12.1 Å². The molecule has 0 fully saturated rings. The fourth-order valence-electron chi connectivity index (χ4n) is 0.779. The second kappa shape index (κ2) is 10.2. The molecule has 0 bridgehead atoms. The minimum absolute atomic E-state index is 0.0100. The summed E-state index contributed by atoms with van der Waals surface area (Å²) < 4.78 is 14.4. The highest BCUT2D eigenvalue weighted by atomic mass is 16.5. The molecular weight excluding hydrogens is 218 g/mol. The first kappa shape index (κ1) is 14.7. The summed E-state index contributed by atoms with van der Waals surface area (Å²) in [5.74, 6) is -0.886. The van der Waals surface area contributed by atoms with E-state index in [0.717, 1.165) is 0 Å². The predicted octanol–water partition coefficient (Wildman–Crippen LogP) is -0.150. The number of ether oxygens (including phenoxy) is 3. The van der Waals surface area contributed by atoms with Crippen molar-refractivity contribution in [2.24, 2.45) is 0 Å². The topological polar surface area (TPSA) is 94.1 Å². The Morgan fingerprint density at radius 1 is 1.12 bits per heavy atom. The third kappa shape index (κ3) is 10.7. The molecule has 0 aliphatic rings. The molecule has 0 aromatic carbocycles. The molecule has 0 saturated carbocycles. The molecule has 0 aliphatic heterocycles. The highest BCUT2D eigenvalue weighted by Gasteiger charge is 1.97. The molecule has 0 spiro atoms. The number of methoxy groups -OCH3 is 1. The van der Waals surface area contributed by atoms with Crippen LogP contribution >= 0.6 is 0 Å². The number of nitrogens with one attached hydrogen (secondary N) is 1. The molecule has 0 rings (SSSR count). The van der Waals surface area contributed by atoms with E-state index in [-0.39, 0.29) is 13.0 Å². The molecule has 0 radical (unpaired) electrons. The number of amides is 1. The zero-order valence-electron chi connectivity index (χ0n) is 9.23. The molecule has 0 aromatic heterocycles. The number of carbonyl (C=O) groups is 2. The van der Waals surface area contributed by atoms with Gasteiger partial charge in [0, 0.05) is 6.54 Å². The van der Waals surface area contributed by atoms with Gasteiger partial charge in [-0.25, -0.2) is 4.79 Å². The van der Waals surface area contributed by atoms with E-state index in [4.69, 9.17) is 14.6 Å². The Kier molecular flexibility index (Phi) is 9.33. The van der Waals surface area contributed by atoms with Crippen molar-refractivity contribution in [3.8, 4) is 0 Å². The third-order valence-electron chi connectivity index (χ3n) is 1.53. The Balaban J connectivity index is 3.04. The maximum absolute atomic E-state index is 10.6. The second-order valence-electron chi connectivity index (χ2n) is 2.79. The van der Waals surface area contributed by atoms with Gasteiger partial charge >= 0.3 is 12.1 Å². The number of carboxylic acids is 1. The van der Waals surface area contributed by atoms with Crippen LogP contribution in [0.15, 0.2) is 0 Å². The maximum atomic E-state index is 10.6. The highest BCUT2D eigenvalue weighted by Crippen LogP contribution is 1.83. The van der Waals surface area contributed by atoms with Crippen LogP contribution in [-0.2, 0) is 19.0 Å². The standard InChI is InChI=1S/C9H17NO6/c1-14-9(13)10-3-5-16-7-6-15-4-2-8(11)12/h2-7H2,1H3,(H,10,13)(H,11,12). The molecule has 2 N–H and O–H groups in total. The van der Waals surface area contributed by atoms with Crippen LogP contribution < -0.4 is 5.32 Å². The second-order valence-corrected chi connectivity index (χ2v) is 2.79. The number of hydrogen-bond donors (Lipinski definition) is 2. The van der Waals surface area contributed by atoms with Gasteiger partial charge in [0.15, 0.2) is 0 Å². The van der Waals surface area contributed by atoms with Gasteiger partial charge in [0.25, 0.3) is 0 Å². The summed E-state index contributed by atoms with van der Waals surface area (Å²) in [5.41, 5.74) is 0. The monoisotopic (exact) mass is 235 g/mol. The SMILES string of the molecule is COC(=O)NCCOCCOCCC(=O)O. The average Bonchev–Trinajstić information content (AvgIpc) is 2.26. The van der Waals surface area contributed by atoms with Crippen LogP contribution in [0.1, 0.15) is 6.42 Å². The van der Waals surface area contributed by atoms with Gasteiger partial charge < -0.3 is 24.6 Å². The summed E-state index contributed by atoms with van der Waals surface area (Å²) in [7, 11) is 1.28. The highest BCUT2D eigenvalue weighted by molar-refractivity contribution is 5.67. The fraction of sp³-hybridized carbons (Fsp3) is 0.778. The van der Waals surface area contributed by atoms with Gasteiger partial charge in [0.05, 0.1) is 40.0 Å². The van der Waals surface area contributed by atoms with E-state index in [9.17, 15) is 9.59 Å². The summed E-state index contributed by atoms with van der Waals surface area (Å²) in [4.78, 5) is 20.7. The lowest BCUT2D eigenvalue weighted by atomic mass is 10.5. The molecule has 0 aromatic rings. The molecule has 0 aliphatic carbocycles. The van der Waals surface area contributed by atoms with Crippen molar-refractivity contribution in [3.63, 3.8) is 0 Å². The van der Waals surface area contributed by atoms with Crippen molar-refractivity contribution >= 4 is 12.1 Å². The minimum atomic E-state index is -0.886. The van der Waals surface area contributed by atoms with Crippen LogP contribution in [0.4, 0.5) is 4.79 Å². The van der Waals surface area contributed by atoms with E-state index in [2.05, 4.69) is 10.1 Å². The van der Waals surface area contributed by atoms with Crippen molar-refractivity contribution in [2.75, 3.05) is 40.1 Å². The van der Waals surface area contributed by atoms with E-state index >= 15 is 0 Å². The quantitative estimate of drug-likeness (QED) is 0.540. The lowest BCUT2D eigenvalue weighted by Crippen LogP contribution is -2.27. The van der Waals surface area contributed by atoms with E-state index in [0.29, 0.717) is 26.4 Å². The maximum Gasteiger partial charge on any atom is 0.406 e. The van der Waals surface area contributed by atoms with Crippen molar-refractivity contribution in [2.45, 2.75) is 6.42 Å². The lowest BCUT2D eigenvalue weighted by Gasteiger charge is -2.05. The zero-order valence-corrected chi connectivity index (χ0v) is 9.23. The first-order valence-corrected chi connectivity index (χ1v) is 4.86. The number of carbonyl (C=O) groups excluding carboxylic acids is 1. The molecule has 7 heteroatoms. The normalized spacial score (nSPS) is 9.81. The van der Waals surface area contributed by atoms with Crippen molar-refractivity contribution in [1.82, 2.24) is 5.32 Å². The summed E-state index contributed by atoms with van der Waals surface area (Å²) in [6, 6.07) is 0. The molecular formula is C9H17NO6. The van der Waals surface area contributed by atoms with Crippen molar-refractivity contribution < 1.29 is 28.9 Å². The predicted molar refractivity (Wildman–Crippen MR) is 54.3 cm³/mol. The first-order valence-electron chi connectivity index (χ1n) is 4.86. The number of aliphatic carboxylic acids is 1. The molecule has 0 heterocycles. The Morgan fingerprint density at radius 3 is 2.31 bits per heavy atom. The van der Waals surface area contributed by atoms with Gasteiger partial charge in [-0.3, -0.25) is 4.79 Å². The van der Waals surface area contributed by atoms with Gasteiger partial charge in [-0.05, 0) is 0 Å². The Labute approximate surface area is 93.7 Å². The van der Waals surface area contributed by atoms with Crippen LogP contribution in [0, 0.1) is 0 Å². The first-order chi connectivity index (χ1) is 7.66. The largest absolute Gasteiger partial charge is 0.481 e. The molecule has 16 heavy (non-hydrogen) atoms. The number of alkyl carbamates (subject to hydrolysis) is 1. The van der Waals surface area contributed by atoms with E-state index in [1.807, 2.05) is 0 Å². The van der Waals surface area contributed by atoms with Crippen LogP contribution in [0.25, 0.3) is 0 Å². The average molecular weight is 235 g/mol. The van der Waals surface area contributed by atoms with Gasteiger partial charge in [-0.15, -0.1) is 0 Å². The number of hydrogen-bond acceptors (Lipinski definition) is 5. The molecule has 94 valence electrons. The molecule has 0 unspecified atom stereocenters. The van der Waals surface area contributed by atoms with Gasteiger partial charge in [-0.2, -0.15) is 0 Å². The van der Waals surface area contributed by atoms with Crippen LogP contribution in [0.5, 0.6) is 0 Å². The van der Waals surface area contributed by atoms with Gasteiger partial charge in [-0.1, -0.05) is 0 Å².